The Morgan fingerprint density at radius 1 is 1.08 bits per heavy atom. The molecule has 0 bridgehead atoms. The highest BCUT2D eigenvalue weighted by atomic mass is 35.5. The first kappa shape index (κ1) is 16.9. The van der Waals surface area contributed by atoms with Crippen molar-refractivity contribution in [3.05, 3.63) is 59.6 Å². The molecule has 0 aliphatic rings. The zero-order valence-electron chi connectivity index (χ0n) is 13.7. The van der Waals surface area contributed by atoms with E-state index < -0.39 is 5.60 Å². The maximum Gasteiger partial charge on any atom is 0.419 e. The van der Waals surface area contributed by atoms with Gasteiger partial charge in [-0.2, -0.15) is 0 Å². The van der Waals surface area contributed by atoms with Crippen molar-refractivity contribution in [1.82, 2.24) is 4.57 Å². The third-order valence-electron chi connectivity index (χ3n) is 3.29. The molecular weight excluding hydrogens is 342 g/mol. The average Bonchev–Trinajstić information content (AvgIpc) is 2.85. The summed E-state index contributed by atoms with van der Waals surface area (Å²) < 4.78 is 7.20. The van der Waals surface area contributed by atoms with Crippen LogP contribution in [0.25, 0.3) is 10.9 Å². The number of nitrogens with zero attached hydrogens (tertiary/aromatic N) is 1. The summed E-state index contributed by atoms with van der Waals surface area (Å²) in [5.41, 5.74) is 0.285. The lowest BCUT2D eigenvalue weighted by Crippen LogP contribution is -2.27. The molecule has 1 aromatic heterocycles. The Kier molecular flexibility index (Phi) is 4.61. The highest BCUT2D eigenvalue weighted by Gasteiger charge is 2.22. The van der Waals surface area contributed by atoms with Crippen molar-refractivity contribution < 1.29 is 9.53 Å². The number of benzene rings is 2. The van der Waals surface area contributed by atoms with Crippen molar-refractivity contribution in [2.75, 3.05) is 0 Å². The van der Waals surface area contributed by atoms with Gasteiger partial charge in [0.05, 0.1) is 10.5 Å². The molecule has 0 saturated carbocycles. The summed E-state index contributed by atoms with van der Waals surface area (Å²) in [4.78, 5) is 13.7. The summed E-state index contributed by atoms with van der Waals surface area (Å²) in [6.45, 7) is 5.59. The third-order valence-corrected chi connectivity index (χ3v) is 4.56. The summed E-state index contributed by atoms with van der Waals surface area (Å²) in [5, 5.41) is 2.50. The van der Waals surface area contributed by atoms with Gasteiger partial charge in [-0.3, -0.25) is 0 Å². The van der Waals surface area contributed by atoms with Gasteiger partial charge in [-0.25, -0.2) is 9.36 Å². The number of hydrogen-bond acceptors (Lipinski definition) is 3. The monoisotopic (exact) mass is 359 g/mol. The van der Waals surface area contributed by atoms with Crippen LogP contribution in [0.3, 0.4) is 0 Å². The Hall–Kier alpha value is -1.91. The molecule has 0 N–H and O–H groups in total. The van der Waals surface area contributed by atoms with Gasteiger partial charge in [-0.05, 0) is 57.2 Å². The van der Waals surface area contributed by atoms with Crippen molar-refractivity contribution in [1.29, 1.82) is 0 Å². The van der Waals surface area contributed by atoms with Gasteiger partial charge < -0.3 is 4.74 Å². The second-order valence-corrected chi connectivity index (χ2v) is 7.94. The van der Waals surface area contributed by atoms with Crippen LogP contribution in [0.2, 0.25) is 5.02 Å². The third kappa shape index (κ3) is 3.77. The lowest BCUT2D eigenvalue weighted by atomic mass is 10.2. The smallest absolute Gasteiger partial charge is 0.419 e. The molecular formula is C19H18ClNO2S. The first-order valence-electron chi connectivity index (χ1n) is 7.61. The predicted octanol–water partition coefficient (Wildman–Crippen LogP) is 6.23. The molecule has 0 aliphatic heterocycles. The molecule has 0 unspecified atom stereocenters. The molecule has 0 amide bonds. The fourth-order valence-electron chi connectivity index (χ4n) is 2.32. The molecule has 1 heterocycles. The minimum Gasteiger partial charge on any atom is -0.443 e. The van der Waals surface area contributed by atoms with E-state index in [1.807, 2.05) is 75.4 Å². The molecule has 5 heteroatoms. The topological polar surface area (TPSA) is 31.2 Å². The van der Waals surface area contributed by atoms with Crippen molar-refractivity contribution in [3.63, 3.8) is 0 Å². The minimum atomic E-state index is -0.551. The number of halogens is 1. The largest absolute Gasteiger partial charge is 0.443 e. The summed E-state index contributed by atoms with van der Waals surface area (Å²) in [7, 11) is 0. The molecule has 3 aromatic rings. The highest BCUT2D eigenvalue weighted by Crippen LogP contribution is 2.34. The van der Waals surface area contributed by atoms with E-state index in [2.05, 4.69) is 0 Å². The lowest BCUT2D eigenvalue weighted by Gasteiger charge is -2.20. The molecule has 124 valence electrons. The van der Waals surface area contributed by atoms with Gasteiger partial charge in [0.2, 0.25) is 0 Å². The number of hydrogen-bond donors (Lipinski definition) is 0. The number of ether oxygens (including phenoxy) is 1. The predicted molar refractivity (Wildman–Crippen MR) is 99.1 cm³/mol. The highest BCUT2D eigenvalue weighted by molar-refractivity contribution is 7.99. The molecule has 0 atom stereocenters. The quantitative estimate of drug-likeness (QED) is 0.543. The fourth-order valence-corrected chi connectivity index (χ4v) is 3.41. The van der Waals surface area contributed by atoms with E-state index in [1.165, 1.54) is 11.8 Å². The fraction of sp³-hybridized carbons (Fsp3) is 0.211. The average molecular weight is 360 g/mol. The van der Waals surface area contributed by atoms with Gasteiger partial charge in [-0.1, -0.05) is 41.6 Å². The standard InChI is InChI=1S/C19H18ClNO2S/c1-19(2,3)23-18(22)21-16-7-5-4-6-13(16)12-17(21)24-15-10-8-14(20)9-11-15/h4-12H,1-3H3. The van der Waals surface area contributed by atoms with Crippen LogP contribution in [0.1, 0.15) is 20.8 Å². The Labute approximate surface area is 150 Å². The molecule has 0 aliphatic carbocycles. The number of carbonyl (C=O) groups is 1. The molecule has 0 fully saturated rings. The van der Waals surface area contributed by atoms with Crippen molar-refractivity contribution in [2.45, 2.75) is 36.3 Å². The van der Waals surface area contributed by atoms with Crippen LogP contribution in [-0.2, 0) is 4.74 Å². The first-order valence-corrected chi connectivity index (χ1v) is 8.80. The van der Waals surface area contributed by atoms with Gasteiger partial charge in [-0.15, -0.1) is 0 Å². The molecule has 3 rings (SSSR count). The van der Waals surface area contributed by atoms with E-state index in [0.29, 0.717) is 5.02 Å². The Morgan fingerprint density at radius 2 is 1.75 bits per heavy atom. The number of aromatic nitrogens is 1. The van der Waals surface area contributed by atoms with Crippen molar-refractivity contribution in [3.8, 4) is 0 Å². The molecule has 3 nitrogen and oxygen atoms in total. The summed E-state index contributed by atoms with van der Waals surface area (Å²) >= 11 is 7.45. The Bertz CT molecular complexity index is 879. The molecule has 2 aromatic carbocycles. The van der Waals surface area contributed by atoms with E-state index in [-0.39, 0.29) is 6.09 Å². The van der Waals surface area contributed by atoms with Crippen molar-refractivity contribution >= 4 is 40.4 Å². The lowest BCUT2D eigenvalue weighted by molar-refractivity contribution is 0.0532. The maximum absolute atomic E-state index is 12.7. The van der Waals surface area contributed by atoms with Crippen LogP contribution in [0.15, 0.2) is 64.5 Å². The molecule has 0 radical (unpaired) electrons. The van der Waals surface area contributed by atoms with Gasteiger partial charge in [0.15, 0.2) is 0 Å². The van der Waals surface area contributed by atoms with Crippen molar-refractivity contribution in [2.24, 2.45) is 0 Å². The van der Waals surface area contributed by atoms with Crippen LogP contribution in [0.4, 0.5) is 4.79 Å². The zero-order valence-corrected chi connectivity index (χ0v) is 15.3. The van der Waals surface area contributed by atoms with Gasteiger partial charge in [0, 0.05) is 15.3 Å². The SMILES string of the molecule is CC(C)(C)OC(=O)n1c(Sc2ccc(Cl)cc2)cc2ccccc21. The number of rotatable bonds is 2. The Balaban J connectivity index is 2.04. The number of carbonyl (C=O) groups excluding carboxylic acids is 1. The first-order chi connectivity index (χ1) is 11.3. The summed E-state index contributed by atoms with van der Waals surface area (Å²) in [5.74, 6) is 0. The molecule has 24 heavy (non-hydrogen) atoms. The van der Waals surface area contributed by atoms with Crippen LogP contribution < -0.4 is 0 Å². The zero-order chi connectivity index (χ0) is 17.3. The van der Waals surface area contributed by atoms with E-state index >= 15 is 0 Å². The molecule has 0 saturated heterocycles. The molecule has 0 spiro atoms. The maximum atomic E-state index is 12.7. The van der Waals surface area contributed by atoms with Crippen LogP contribution >= 0.6 is 23.4 Å². The number of fused-ring (bicyclic) bond motifs is 1. The van der Waals surface area contributed by atoms with E-state index in [4.69, 9.17) is 16.3 Å². The van der Waals surface area contributed by atoms with Gasteiger partial charge in [0.25, 0.3) is 0 Å². The van der Waals surface area contributed by atoms with Gasteiger partial charge in [0.1, 0.15) is 5.60 Å². The second-order valence-electron chi connectivity index (χ2n) is 6.41. The normalized spacial score (nSPS) is 11.7. The van der Waals surface area contributed by atoms with E-state index in [9.17, 15) is 4.79 Å². The Morgan fingerprint density at radius 3 is 2.42 bits per heavy atom. The van der Waals surface area contributed by atoms with Gasteiger partial charge >= 0.3 is 6.09 Å². The van der Waals surface area contributed by atoms with E-state index in [1.54, 1.807) is 4.57 Å². The summed E-state index contributed by atoms with van der Waals surface area (Å²) in [6, 6.07) is 17.3. The second kappa shape index (κ2) is 6.54. The van der Waals surface area contributed by atoms with Crippen LogP contribution in [-0.4, -0.2) is 16.3 Å². The summed E-state index contributed by atoms with van der Waals surface area (Å²) in [6.07, 6.45) is -0.375. The van der Waals surface area contributed by atoms with Crippen LogP contribution in [0.5, 0.6) is 0 Å². The number of para-hydroxylation sites is 1. The van der Waals surface area contributed by atoms with Crippen LogP contribution in [0, 0.1) is 0 Å². The van der Waals surface area contributed by atoms with E-state index in [0.717, 1.165) is 20.8 Å². The minimum absolute atomic E-state index is 0.375.